The second-order valence-corrected chi connectivity index (χ2v) is 9.14. The largest absolute Gasteiger partial charge is 0.382 e. The third kappa shape index (κ3) is 3.93. The van der Waals surface area contributed by atoms with Gasteiger partial charge in [0.15, 0.2) is 0 Å². The van der Waals surface area contributed by atoms with Gasteiger partial charge in [-0.05, 0) is 63.3 Å². The van der Waals surface area contributed by atoms with Gasteiger partial charge in [-0.15, -0.1) is 0 Å². The molecule has 0 aliphatic carbocycles. The first-order chi connectivity index (χ1) is 13.0. The molecule has 0 radical (unpaired) electrons. The Labute approximate surface area is 167 Å². The van der Waals surface area contributed by atoms with Gasteiger partial charge in [0.05, 0.1) is 10.6 Å². The van der Waals surface area contributed by atoms with Crippen molar-refractivity contribution in [3.8, 4) is 11.1 Å². The number of hydrogen-bond acceptors (Lipinski definition) is 3. The van der Waals surface area contributed by atoms with Crippen molar-refractivity contribution in [1.82, 2.24) is 4.72 Å². The number of nitrogens with one attached hydrogen (secondary N) is 2. The lowest BCUT2D eigenvalue weighted by atomic mass is 9.95. The zero-order valence-corrected chi connectivity index (χ0v) is 16.9. The highest BCUT2D eigenvalue weighted by Crippen LogP contribution is 2.35. The highest BCUT2D eigenvalue weighted by Gasteiger charge is 2.25. The Morgan fingerprint density at radius 2 is 1.59 bits per heavy atom. The van der Waals surface area contributed by atoms with Gasteiger partial charge in [-0.2, -0.15) is 0 Å². The maximum atomic E-state index is 12.6. The van der Waals surface area contributed by atoms with E-state index in [2.05, 4.69) is 50.2 Å². The fraction of sp³-hybridized carbons (Fsp3) is 0.143. The molecule has 138 valence electrons. The Balaban J connectivity index is 1.60. The standard InChI is InChI=1S/C21H19BrN2O2S/c22-20-13-16(15-7-3-1-4-8-15)11-17-12-18(14-23-21(17)20)24-27(25,26)19-9-5-2-6-10-19/h1-11,13,18,23-24H,12,14H2. The van der Waals surface area contributed by atoms with Crippen LogP contribution >= 0.6 is 15.9 Å². The summed E-state index contributed by atoms with van der Waals surface area (Å²) in [5.41, 5.74) is 4.36. The molecule has 0 bridgehead atoms. The van der Waals surface area contributed by atoms with Crippen LogP contribution in [0.2, 0.25) is 0 Å². The van der Waals surface area contributed by atoms with Crippen molar-refractivity contribution >= 4 is 31.6 Å². The second-order valence-electron chi connectivity index (χ2n) is 6.57. The molecule has 2 N–H and O–H groups in total. The monoisotopic (exact) mass is 442 g/mol. The maximum Gasteiger partial charge on any atom is 0.240 e. The minimum atomic E-state index is -3.54. The van der Waals surface area contributed by atoms with Gasteiger partial charge >= 0.3 is 0 Å². The molecule has 27 heavy (non-hydrogen) atoms. The summed E-state index contributed by atoms with van der Waals surface area (Å²) in [6.45, 7) is 0.544. The van der Waals surface area contributed by atoms with Crippen molar-refractivity contribution in [2.45, 2.75) is 17.4 Å². The Morgan fingerprint density at radius 3 is 2.30 bits per heavy atom. The van der Waals surface area contributed by atoms with Gasteiger partial charge in [0.1, 0.15) is 0 Å². The van der Waals surface area contributed by atoms with E-state index in [1.165, 1.54) is 0 Å². The number of halogens is 1. The summed E-state index contributed by atoms with van der Waals surface area (Å²) < 4.78 is 29.1. The van der Waals surface area contributed by atoms with Gasteiger partial charge in [0, 0.05) is 17.1 Å². The third-order valence-corrected chi connectivity index (χ3v) is 6.81. The molecular weight excluding hydrogens is 424 g/mol. The molecule has 4 rings (SSSR count). The fourth-order valence-electron chi connectivity index (χ4n) is 3.35. The van der Waals surface area contributed by atoms with E-state index in [4.69, 9.17) is 0 Å². The summed E-state index contributed by atoms with van der Waals surface area (Å²) in [5.74, 6) is 0. The van der Waals surface area contributed by atoms with Crippen molar-refractivity contribution in [3.05, 3.63) is 82.8 Å². The molecule has 3 aromatic rings. The minimum absolute atomic E-state index is 0.208. The fourth-order valence-corrected chi connectivity index (χ4v) is 5.25. The highest BCUT2D eigenvalue weighted by atomic mass is 79.9. The molecule has 0 aromatic heterocycles. The zero-order chi connectivity index (χ0) is 18.9. The van der Waals surface area contributed by atoms with Crippen LogP contribution in [0.3, 0.4) is 0 Å². The van der Waals surface area contributed by atoms with Crippen molar-refractivity contribution < 1.29 is 8.42 Å². The number of anilines is 1. The predicted molar refractivity (Wildman–Crippen MR) is 112 cm³/mol. The van der Waals surface area contributed by atoms with Gasteiger partial charge in [0.2, 0.25) is 10.0 Å². The Kier molecular flexibility index (Phi) is 5.04. The van der Waals surface area contributed by atoms with Crippen LogP contribution in [0.25, 0.3) is 11.1 Å². The highest BCUT2D eigenvalue weighted by molar-refractivity contribution is 9.10. The molecule has 4 nitrogen and oxygen atoms in total. The topological polar surface area (TPSA) is 58.2 Å². The molecule has 1 aliphatic rings. The molecule has 1 atom stereocenters. The van der Waals surface area contributed by atoms with Crippen LogP contribution in [0.5, 0.6) is 0 Å². The summed E-state index contributed by atoms with van der Waals surface area (Å²) in [7, 11) is -3.54. The number of fused-ring (bicyclic) bond motifs is 1. The summed E-state index contributed by atoms with van der Waals surface area (Å²) in [6.07, 6.45) is 0.633. The molecule has 0 amide bonds. The maximum absolute atomic E-state index is 12.6. The molecule has 3 aromatic carbocycles. The Morgan fingerprint density at radius 1 is 0.926 bits per heavy atom. The number of hydrogen-bond donors (Lipinski definition) is 2. The van der Waals surface area contributed by atoms with Crippen LogP contribution in [0, 0.1) is 0 Å². The second kappa shape index (κ2) is 7.46. The van der Waals surface area contributed by atoms with E-state index in [9.17, 15) is 8.42 Å². The number of sulfonamides is 1. The summed E-state index contributed by atoms with van der Waals surface area (Å²) in [4.78, 5) is 0.287. The smallest absolute Gasteiger partial charge is 0.240 e. The normalized spacial score (nSPS) is 16.4. The molecule has 1 heterocycles. The lowest BCUT2D eigenvalue weighted by Gasteiger charge is -2.28. The summed E-state index contributed by atoms with van der Waals surface area (Å²) in [6, 6.07) is 22.6. The van der Waals surface area contributed by atoms with Crippen molar-refractivity contribution in [1.29, 1.82) is 0 Å². The van der Waals surface area contributed by atoms with Crippen LogP contribution in [0.15, 0.2) is 82.2 Å². The number of rotatable bonds is 4. The van der Waals surface area contributed by atoms with Crippen LogP contribution in [-0.2, 0) is 16.4 Å². The number of benzene rings is 3. The average Bonchev–Trinajstić information content (AvgIpc) is 2.69. The first kappa shape index (κ1) is 18.2. The van der Waals surface area contributed by atoms with Crippen molar-refractivity contribution in [2.24, 2.45) is 0 Å². The van der Waals surface area contributed by atoms with E-state index in [1.807, 2.05) is 18.2 Å². The molecule has 0 spiro atoms. The van der Waals surface area contributed by atoms with Crippen LogP contribution < -0.4 is 10.0 Å². The summed E-state index contributed by atoms with van der Waals surface area (Å²) in [5, 5.41) is 3.36. The molecule has 1 unspecified atom stereocenters. The van der Waals surface area contributed by atoms with E-state index in [1.54, 1.807) is 30.3 Å². The van der Waals surface area contributed by atoms with Gasteiger partial charge in [0.25, 0.3) is 0 Å². The van der Waals surface area contributed by atoms with Crippen LogP contribution in [0.1, 0.15) is 5.56 Å². The first-order valence-electron chi connectivity index (χ1n) is 8.72. The molecule has 0 fully saturated rings. The van der Waals surface area contributed by atoms with E-state index >= 15 is 0 Å². The van der Waals surface area contributed by atoms with Gasteiger partial charge < -0.3 is 5.32 Å². The lowest BCUT2D eigenvalue weighted by molar-refractivity contribution is 0.548. The van der Waals surface area contributed by atoms with Gasteiger partial charge in [-0.1, -0.05) is 48.5 Å². The molecule has 0 saturated carbocycles. The third-order valence-electron chi connectivity index (χ3n) is 4.65. The zero-order valence-electron chi connectivity index (χ0n) is 14.5. The van der Waals surface area contributed by atoms with E-state index in [0.717, 1.165) is 26.9 Å². The predicted octanol–water partition coefficient (Wildman–Crippen LogP) is 4.43. The quantitative estimate of drug-likeness (QED) is 0.627. The van der Waals surface area contributed by atoms with Crippen LogP contribution in [-0.4, -0.2) is 21.0 Å². The molecule has 6 heteroatoms. The van der Waals surface area contributed by atoms with Crippen LogP contribution in [0.4, 0.5) is 5.69 Å². The lowest BCUT2D eigenvalue weighted by Crippen LogP contribution is -2.43. The SMILES string of the molecule is O=S(=O)(NC1CNc2c(Br)cc(-c3ccccc3)cc2C1)c1ccccc1. The first-order valence-corrected chi connectivity index (χ1v) is 11.0. The Bertz CT molecular complexity index is 1050. The Hall–Kier alpha value is -2.15. The van der Waals surface area contributed by atoms with E-state index in [0.29, 0.717) is 13.0 Å². The van der Waals surface area contributed by atoms with Crippen molar-refractivity contribution in [3.63, 3.8) is 0 Å². The van der Waals surface area contributed by atoms with Gasteiger partial charge in [-0.25, -0.2) is 13.1 Å². The van der Waals surface area contributed by atoms with E-state index < -0.39 is 10.0 Å². The average molecular weight is 443 g/mol. The molecule has 0 saturated heterocycles. The van der Waals surface area contributed by atoms with E-state index in [-0.39, 0.29) is 10.9 Å². The minimum Gasteiger partial charge on any atom is -0.382 e. The molecular formula is C21H19BrN2O2S. The van der Waals surface area contributed by atoms with Crippen molar-refractivity contribution in [2.75, 3.05) is 11.9 Å². The molecule has 1 aliphatic heterocycles. The van der Waals surface area contributed by atoms with Gasteiger partial charge in [-0.3, -0.25) is 0 Å². The summed E-state index contributed by atoms with van der Waals surface area (Å²) >= 11 is 3.65.